The van der Waals surface area contributed by atoms with Crippen molar-refractivity contribution in [3.05, 3.63) is 70.8 Å². The minimum Gasteiger partial charge on any atom is -0.465 e. The largest absolute Gasteiger partial charge is 0.465 e. The van der Waals surface area contributed by atoms with E-state index in [0.29, 0.717) is 37.7 Å². The Morgan fingerprint density at radius 2 is 1.47 bits per heavy atom. The normalized spacial score (nSPS) is 18.0. The van der Waals surface area contributed by atoms with Gasteiger partial charge in [0, 0.05) is 25.1 Å². The van der Waals surface area contributed by atoms with Gasteiger partial charge < -0.3 is 4.74 Å². The molecule has 0 spiro atoms. The summed E-state index contributed by atoms with van der Waals surface area (Å²) < 4.78 is 114. The van der Waals surface area contributed by atoms with Crippen LogP contribution < -0.4 is 4.72 Å². The van der Waals surface area contributed by atoms with E-state index in [9.17, 15) is 44.3 Å². The molecule has 0 radical (unpaired) electrons. The van der Waals surface area contributed by atoms with Crippen molar-refractivity contribution in [2.24, 2.45) is 11.8 Å². The molecule has 0 bridgehead atoms. The predicted octanol–water partition coefficient (Wildman–Crippen LogP) is 6.74. The number of amides is 1. The molecule has 0 aliphatic heterocycles. The fourth-order valence-corrected chi connectivity index (χ4v) is 6.04. The Morgan fingerprint density at radius 3 is 2.00 bits per heavy atom. The Balaban J connectivity index is 1.75. The topological polar surface area (TPSA) is 92.8 Å². The van der Waals surface area contributed by atoms with Gasteiger partial charge in [-0.2, -0.15) is 39.1 Å². The molecule has 2 aromatic carbocycles. The smallest absolute Gasteiger partial charge is 0.416 e. The van der Waals surface area contributed by atoms with Crippen LogP contribution in [0.3, 0.4) is 0 Å². The zero-order valence-corrected chi connectivity index (χ0v) is 24.3. The number of rotatable bonds is 12. The number of nitrogens with one attached hydrogen (secondary N) is 1. The maximum absolute atomic E-state index is 13.4. The Bertz CT molecular complexity index is 1310. The molecule has 238 valence electrons. The molecule has 0 unspecified atom stereocenters. The number of esters is 1. The highest BCUT2D eigenvalue weighted by Crippen LogP contribution is 2.36. The van der Waals surface area contributed by atoms with Crippen LogP contribution in [0.25, 0.3) is 0 Å². The summed E-state index contributed by atoms with van der Waals surface area (Å²) in [5.74, 6) is -1.91. The Morgan fingerprint density at radius 1 is 0.907 bits per heavy atom. The molecule has 0 aromatic heterocycles. The lowest BCUT2D eigenvalue weighted by molar-refractivity contribution is -0.146. The summed E-state index contributed by atoms with van der Waals surface area (Å²) in [6.45, 7) is 2.01. The molecule has 1 aliphatic carbocycles. The van der Waals surface area contributed by atoms with E-state index in [1.807, 2.05) is 6.92 Å². The van der Waals surface area contributed by atoms with E-state index < -0.39 is 45.2 Å². The molecule has 0 atom stereocenters. The van der Waals surface area contributed by atoms with Crippen molar-refractivity contribution in [3.63, 3.8) is 0 Å². The lowest BCUT2D eigenvalue weighted by Gasteiger charge is -2.32. The van der Waals surface area contributed by atoms with Crippen LogP contribution in [0.1, 0.15) is 78.9 Å². The van der Waals surface area contributed by atoms with Gasteiger partial charge in [0.2, 0.25) is 0 Å². The summed E-state index contributed by atoms with van der Waals surface area (Å²) in [7, 11) is -4.71. The van der Waals surface area contributed by atoms with Crippen LogP contribution in [0.5, 0.6) is 0 Å². The van der Waals surface area contributed by atoms with Gasteiger partial charge in [0.25, 0.3) is 5.91 Å². The van der Waals surface area contributed by atoms with Gasteiger partial charge >= 0.3 is 28.5 Å². The fourth-order valence-electron chi connectivity index (χ4n) is 4.83. The second-order valence-electron chi connectivity index (χ2n) is 10.7. The van der Waals surface area contributed by atoms with Gasteiger partial charge in [0.05, 0.1) is 17.7 Å². The minimum atomic E-state index is -5.21. The maximum Gasteiger partial charge on any atom is 0.416 e. The van der Waals surface area contributed by atoms with Gasteiger partial charge in [-0.3, -0.25) is 9.59 Å². The maximum atomic E-state index is 13.4. The number of nitrogens with zero attached hydrogens (tertiary/aromatic N) is 1. The van der Waals surface area contributed by atoms with Crippen LogP contribution in [0.15, 0.2) is 48.5 Å². The Labute approximate surface area is 246 Å². The first-order valence-corrected chi connectivity index (χ1v) is 15.3. The highest BCUT2D eigenvalue weighted by atomic mass is 32.2. The zero-order chi connectivity index (χ0) is 31.8. The zero-order valence-electron chi connectivity index (χ0n) is 23.5. The van der Waals surface area contributed by atoms with Crippen LogP contribution >= 0.6 is 0 Å². The SMILES string of the molecule is CCCCC(=O)OCC1CCC(CN(Cc2ccccc2)S(=O)(=O)NC(=O)c2cc(C(F)(F)F)cc(C(F)(F)F)c2)CC1. The van der Waals surface area contributed by atoms with Crippen LogP contribution in [0, 0.1) is 11.8 Å². The van der Waals surface area contributed by atoms with Gasteiger partial charge in [-0.05, 0) is 67.7 Å². The number of ether oxygens (including phenoxy) is 1. The molecule has 43 heavy (non-hydrogen) atoms. The Kier molecular flexibility index (Phi) is 11.6. The van der Waals surface area contributed by atoms with Gasteiger partial charge in [0.15, 0.2) is 0 Å². The van der Waals surface area contributed by atoms with E-state index in [4.69, 9.17) is 4.74 Å². The molecule has 1 fully saturated rings. The number of unbranched alkanes of at least 4 members (excludes halogenated alkanes) is 1. The summed E-state index contributed by atoms with van der Waals surface area (Å²) in [6.07, 6.45) is -5.93. The van der Waals surface area contributed by atoms with Crippen molar-refractivity contribution >= 4 is 22.1 Å². The first-order valence-electron chi connectivity index (χ1n) is 13.9. The first-order chi connectivity index (χ1) is 20.1. The molecule has 0 saturated heterocycles. The monoisotopic (exact) mass is 636 g/mol. The molecule has 1 saturated carbocycles. The number of alkyl halides is 6. The van der Waals surface area contributed by atoms with E-state index in [0.717, 1.165) is 17.1 Å². The number of carbonyl (C=O) groups is 2. The van der Waals surface area contributed by atoms with Crippen molar-refractivity contribution < 1.29 is 49.1 Å². The quantitative estimate of drug-likeness (QED) is 0.206. The number of hydrogen-bond acceptors (Lipinski definition) is 5. The number of hydrogen-bond donors (Lipinski definition) is 1. The third-order valence-corrected chi connectivity index (χ3v) is 8.66. The van der Waals surface area contributed by atoms with Crippen LogP contribution in [0.4, 0.5) is 26.3 Å². The van der Waals surface area contributed by atoms with Crippen molar-refractivity contribution in [1.29, 1.82) is 0 Å². The lowest BCUT2D eigenvalue weighted by atomic mass is 9.82. The number of halogens is 6. The third kappa shape index (κ3) is 10.5. The van der Waals surface area contributed by atoms with E-state index in [1.165, 1.54) is 0 Å². The third-order valence-electron chi connectivity index (χ3n) is 7.26. The number of benzene rings is 2. The molecule has 14 heteroatoms. The second-order valence-corrected chi connectivity index (χ2v) is 12.4. The highest BCUT2D eigenvalue weighted by Gasteiger charge is 2.38. The molecule has 1 N–H and O–H groups in total. The Hall–Kier alpha value is -3.13. The summed E-state index contributed by atoms with van der Waals surface area (Å²) in [5, 5.41) is 0. The fraction of sp³-hybridized carbons (Fsp3) is 0.517. The summed E-state index contributed by atoms with van der Waals surface area (Å²) in [4.78, 5) is 24.6. The average molecular weight is 637 g/mol. The number of carbonyl (C=O) groups excluding carboxylic acids is 2. The van der Waals surface area contributed by atoms with Crippen molar-refractivity contribution in [3.8, 4) is 0 Å². The summed E-state index contributed by atoms with van der Waals surface area (Å²) in [5.41, 5.74) is -4.01. The molecule has 3 rings (SSSR count). The van der Waals surface area contributed by atoms with E-state index in [-0.39, 0.29) is 55.7 Å². The lowest BCUT2D eigenvalue weighted by Crippen LogP contribution is -2.45. The minimum absolute atomic E-state index is 0.0447. The first kappa shape index (κ1) is 34.4. The molecular weight excluding hydrogens is 602 g/mol. The van der Waals surface area contributed by atoms with E-state index >= 15 is 0 Å². The average Bonchev–Trinajstić information content (AvgIpc) is 2.94. The van der Waals surface area contributed by atoms with E-state index in [2.05, 4.69) is 0 Å². The van der Waals surface area contributed by atoms with Crippen LogP contribution in [0.2, 0.25) is 0 Å². The van der Waals surface area contributed by atoms with Crippen molar-refractivity contribution in [2.45, 2.75) is 70.8 Å². The summed E-state index contributed by atoms with van der Waals surface area (Å²) in [6, 6.07) is 8.57. The van der Waals surface area contributed by atoms with Crippen LogP contribution in [-0.2, 0) is 38.6 Å². The standard InChI is InChI=1S/C29H34F6N2O5S/c1-2-3-9-26(38)42-19-22-12-10-21(11-13-22)18-37(17-20-7-5-4-6-8-20)43(40,41)36-27(39)23-14-24(28(30,31)32)16-25(15-23)29(33,34)35/h4-8,14-16,21-22H,2-3,9-13,17-19H2,1H3,(H,36,39). The summed E-state index contributed by atoms with van der Waals surface area (Å²) >= 11 is 0. The molecule has 2 aromatic rings. The molecule has 0 heterocycles. The van der Waals surface area contributed by atoms with Gasteiger partial charge in [-0.15, -0.1) is 0 Å². The highest BCUT2D eigenvalue weighted by molar-refractivity contribution is 7.87. The molecule has 1 amide bonds. The van der Waals surface area contributed by atoms with Crippen molar-refractivity contribution in [1.82, 2.24) is 9.03 Å². The molecule has 1 aliphatic rings. The molecular formula is C29H34F6N2O5S. The van der Waals surface area contributed by atoms with Crippen molar-refractivity contribution in [2.75, 3.05) is 13.2 Å². The molecule has 7 nitrogen and oxygen atoms in total. The van der Waals surface area contributed by atoms with Gasteiger partial charge in [-0.1, -0.05) is 43.7 Å². The predicted molar refractivity (Wildman–Crippen MR) is 146 cm³/mol. The van der Waals surface area contributed by atoms with E-state index in [1.54, 1.807) is 35.1 Å². The van der Waals surface area contributed by atoms with Gasteiger partial charge in [-0.25, -0.2) is 4.72 Å². The van der Waals surface area contributed by atoms with Crippen LogP contribution in [-0.4, -0.2) is 37.8 Å². The second kappa shape index (κ2) is 14.6. The van der Waals surface area contributed by atoms with Gasteiger partial charge in [0.1, 0.15) is 0 Å².